The second-order valence-electron chi connectivity index (χ2n) is 5.70. The fraction of sp³-hybridized carbons (Fsp3) is 0.471. The summed E-state index contributed by atoms with van der Waals surface area (Å²) in [7, 11) is 0. The molecule has 19 heavy (non-hydrogen) atoms. The monoisotopic (exact) mass is 255 g/mol. The van der Waals surface area contributed by atoms with Crippen molar-refractivity contribution >= 4 is 10.9 Å². The number of fused-ring (bicyclic) bond motifs is 1. The quantitative estimate of drug-likeness (QED) is 0.886. The van der Waals surface area contributed by atoms with Crippen LogP contribution in [0.3, 0.4) is 0 Å². The summed E-state index contributed by atoms with van der Waals surface area (Å²) < 4.78 is 0. The van der Waals surface area contributed by atoms with Gasteiger partial charge in [-0.05, 0) is 42.5 Å². The third kappa shape index (κ3) is 2.95. The topological polar surface area (TPSA) is 33.1 Å². The van der Waals surface area contributed by atoms with Gasteiger partial charge in [-0.15, -0.1) is 0 Å². The number of aromatic nitrogens is 1. The molecule has 0 radical (unpaired) electrons. The van der Waals surface area contributed by atoms with E-state index in [0.29, 0.717) is 0 Å². The Morgan fingerprint density at radius 3 is 2.89 bits per heavy atom. The molecule has 2 heteroatoms. The summed E-state index contributed by atoms with van der Waals surface area (Å²) in [5.74, 6) is 0.844. The van der Waals surface area contributed by atoms with Gasteiger partial charge in [-0.1, -0.05) is 37.8 Å². The molecular formula is C17H21NO. The maximum absolute atomic E-state index is 10.3. The number of aliphatic hydroxyl groups excluding tert-OH is 1. The van der Waals surface area contributed by atoms with E-state index in [4.69, 9.17) is 0 Å². The number of nitrogens with zero attached hydrogens (tertiary/aromatic N) is 1. The van der Waals surface area contributed by atoms with Crippen LogP contribution in [0, 0.1) is 5.92 Å². The van der Waals surface area contributed by atoms with Gasteiger partial charge in [0.2, 0.25) is 0 Å². The van der Waals surface area contributed by atoms with E-state index in [1.807, 2.05) is 18.2 Å². The molecule has 1 N–H and O–H groups in total. The Morgan fingerprint density at radius 2 is 2.05 bits per heavy atom. The van der Waals surface area contributed by atoms with Crippen LogP contribution in [-0.4, -0.2) is 10.1 Å². The van der Waals surface area contributed by atoms with Crippen LogP contribution in [0.2, 0.25) is 0 Å². The first kappa shape index (κ1) is 12.6. The molecule has 2 nitrogen and oxygen atoms in total. The summed E-state index contributed by atoms with van der Waals surface area (Å²) in [6, 6.07) is 10.1. The first-order valence-corrected chi connectivity index (χ1v) is 7.36. The molecule has 0 amide bonds. The van der Waals surface area contributed by atoms with Crippen molar-refractivity contribution in [2.45, 2.75) is 44.6 Å². The molecule has 0 bridgehead atoms. The van der Waals surface area contributed by atoms with Crippen molar-refractivity contribution in [2.75, 3.05) is 0 Å². The van der Waals surface area contributed by atoms with Gasteiger partial charge in [0.15, 0.2) is 0 Å². The Balaban J connectivity index is 1.68. The average molecular weight is 255 g/mol. The van der Waals surface area contributed by atoms with Crippen molar-refractivity contribution in [2.24, 2.45) is 5.92 Å². The molecule has 1 aliphatic rings. The van der Waals surface area contributed by atoms with E-state index in [2.05, 4.69) is 17.1 Å². The highest BCUT2D eigenvalue weighted by Crippen LogP contribution is 2.31. The van der Waals surface area contributed by atoms with Gasteiger partial charge in [-0.25, -0.2) is 0 Å². The first-order chi connectivity index (χ1) is 9.33. The average Bonchev–Trinajstić information content (AvgIpc) is 2.97. The van der Waals surface area contributed by atoms with Gasteiger partial charge in [0.1, 0.15) is 0 Å². The zero-order chi connectivity index (χ0) is 13.1. The Hall–Kier alpha value is -1.41. The second-order valence-corrected chi connectivity index (χ2v) is 5.70. The van der Waals surface area contributed by atoms with Crippen LogP contribution in [0.5, 0.6) is 0 Å². The van der Waals surface area contributed by atoms with Crippen molar-refractivity contribution < 1.29 is 5.11 Å². The summed E-state index contributed by atoms with van der Waals surface area (Å²) in [6.07, 6.45) is 8.99. The fourth-order valence-corrected chi connectivity index (χ4v) is 3.16. The van der Waals surface area contributed by atoms with E-state index < -0.39 is 0 Å². The summed E-state index contributed by atoms with van der Waals surface area (Å²) >= 11 is 0. The van der Waals surface area contributed by atoms with E-state index in [-0.39, 0.29) is 6.10 Å². The van der Waals surface area contributed by atoms with Crippen LogP contribution in [0.1, 0.15) is 50.2 Å². The van der Waals surface area contributed by atoms with Gasteiger partial charge < -0.3 is 5.11 Å². The Labute approximate surface area is 114 Å². The molecule has 0 saturated heterocycles. The predicted molar refractivity (Wildman–Crippen MR) is 77.9 cm³/mol. The van der Waals surface area contributed by atoms with Gasteiger partial charge in [0, 0.05) is 11.6 Å². The zero-order valence-electron chi connectivity index (χ0n) is 11.3. The second kappa shape index (κ2) is 5.70. The minimum absolute atomic E-state index is 0.329. The number of hydrogen-bond acceptors (Lipinski definition) is 2. The van der Waals surface area contributed by atoms with Crippen LogP contribution >= 0.6 is 0 Å². The summed E-state index contributed by atoms with van der Waals surface area (Å²) in [5, 5.41) is 11.4. The van der Waals surface area contributed by atoms with Gasteiger partial charge in [0.25, 0.3) is 0 Å². The molecular weight excluding hydrogens is 234 g/mol. The fourth-order valence-electron chi connectivity index (χ4n) is 3.16. The molecule has 0 spiro atoms. The van der Waals surface area contributed by atoms with E-state index in [1.165, 1.54) is 25.7 Å². The van der Waals surface area contributed by atoms with E-state index >= 15 is 0 Å². The molecule has 1 unspecified atom stereocenters. The van der Waals surface area contributed by atoms with E-state index in [0.717, 1.165) is 35.2 Å². The number of rotatable bonds is 4. The van der Waals surface area contributed by atoms with Crippen LogP contribution in [-0.2, 0) is 0 Å². The molecule has 1 atom stereocenters. The largest absolute Gasteiger partial charge is 0.388 e. The van der Waals surface area contributed by atoms with Crippen molar-refractivity contribution in [3.63, 3.8) is 0 Å². The summed E-state index contributed by atoms with van der Waals surface area (Å²) in [4.78, 5) is 4.31. The maximum Gasteiger partial charge on any atom is 0.0790 e. The highest BCUT2D eigenvalue weighted by atomic mass is 16.3. The standard InChI is InChI=1S/C17H21NO/c19-17(10-7-13-4-1-2-5-13)15-8-9-16-14(12-15)6-3-11-18-16/h3,6,8-9,11-13,17,19H,1-2,4-5,7,10H2. The maximum atomic E-state index is 10.3. The van der Waals surface area contributed by atoms with Crippen molar-refractivity contribution in [1.29, 1.82) is 0 Å². The molecule has 3 rings (SSSR count). The summed E-state index contributed by atoms with van der Waals surface area (Å²) in [6.45, 7) is 0. The molecule has 100 valence electrons. The molecule has 1 aromatic heterocycles. The first-order valence-electron chi connectivity index (χ1n) is 7.36. The van der Waals surface area contributed by atoms with Crippen molar-refractivity contribution in [3.05, 3.63) is 42.1 Å². The Bertz CT molecular complexity index is 546. The van der Waals surface area contributed by atoms with Crippen molar-refractivity contribution in [3.8, 4) is 0 Å². The molecule has 1 heterocycles. The lowest BCUT2D eigenvalue weighted by molar-refractivity contribution is 0.157. The minimum atomic E-state index is -0.329. The highest BCUT2D eigenvalue weighted by Gasteiger charge is 2.17. The van der Waals surface area contributed by atoms with Gasteiger partial charge in [0.05, 0.1) is 11.6 Å². The molecule has 1 fully saturated rings. The number of pyridine rings is 1. The van der Waals surface area contributed by atoms with Crippen LogP contribution in [0.15, 0.2) is 36.5 Å². The molecule has 1 saturated carbocycles. The Kier molecular flexibility index (Phi) is 3.79. The van der Waals surface area contributed by atoms with Gasteiger partial charge in [-0.3, -0.25) is 4.98 Å². The predicted octanol–water partition coefficient (Wildman–Crippen LogP) is 4.24. The molecule has 0 aliphatic heterocycles. The van der Waals surface area contributed by atoms with Crippen LogP contribution < -0.4 is 0 Å². The Morgan fingerprint density at radius 1 is 1.21 bits per heavy atom. The summed E-state index contributed by atoms with van der Waals surface area (Å²) in [5.41, 5.74) is 2.02. The normalized spacial score (nSPS) is 17.9. The number of aliphatic hydroxyl groups is 1. The van der Waals surface area contributed by atoms with Gasteiger partial charge >= 0.3 is 0 Å². The van der Waals surface area contributed by atoms with Crippen LogP contribution in [0.25, 0.3) is 10.9 Å². The number of benzene rings is 1. The smallest absolute Gasteiger partial charge is 0.0790 e. The third-order valence-corrected chi connectivity index (χ3v) is 4.33. The van der Waals surface area contributed by atoms with Crippen molar-refractivity contribution in [1.82, 2.24) is 4.98 Å². The number of hydrogen-bond donors (Lipinski definition) is 1. The molecule has 2 aromatic rings. The van der Waals surface area contributed by atoms with E-state index in [1.54, 1.807) is 6.20 Å². The third-order valence-electron chi connectivity index (χ3n) is 4.33. The SMILES string of the molecule is OC(CCC1CCCC1)c1ccc2ncccc2c1. The zero-order valence-corrected chi connectivity index (χ0v) is 11.3. The lowest BCUT2D eigenvalue weighted by Crippen LogP contribution is -2.01. The van der Waals surface area contributed by atoms with E-state index in [9.17, 15) is 5.11 Å². The van der Waals surface area contributed by atoms with Crippen LogP contribution in [0.4, 0.5) is 0 Å². The minimum Gasteiger partial charge on any atom is -0.388 e. The highest BCUT2D eigenvalue weighted by molar-refractivity contribution is 5.78. The molecule has 1 aromatic carbocycles. The molecule has 1 aliphatic carbocycles. The van der Waals surface area contributed by atoms with Gasteiger partial charge in [-0.2, -0.15) is 0 Å². The lowest BCUT2D eigenvalue weighted by Gasteiger charge is -2.14. The lowest BCUT2D eigenvalue weighted by atomic mass is 9.96.